The lowest BCUT2D eigenvalue weighted by molar-refractivity contribution is -0.157. The van der Waals surface area contributed by atoms with E-state index in [2.05, 4.69) is 39.5 Å². The van der Waals surface area contributed by atoms with Gasteiger partial charge in [-0.1, -0.05) is 163 Å². The maximum absolute atomic E-state index is 13.6. The third kappa shape index (κ3) is 37.8. The van der Waals surface area contributed by atoms with E-state index in [1.807, 2.05) is 14.1 Å². The second-order valence-corrected chi connectivity index (χ2v) is 17.9. The van der Waals surface area contributed by atoms with Crippen molar-refractivity contribution in [1.82, 2.24) is 4.90 Å². The minimum absolute atomic E-state index is 0.0261. The van der Waals surface area contributed by atoms with E-state index in [-0.39, 0.29) is 42.1 Å². The van der Waals surface area contributed by atoms with Crippen LogP contribution in [0.3, 0.4) is 0 Å². The van der Waals surface area contributed by atoms with Crippen LogP contribution in [0.5, 0.6) is 0 Å². The van der Waals surface area contributed by atoms with Gasteiger partial charge in [-0.3, -0.25) is 14.4 Å². The zero-order valence-electron chi connectivity index (χ0n) is 40.3. The Balaban J connectivity index is 4.90. The monoisotopic (exact) mass is 838 g/mol. The number of esters is 3. The number of nitrogens with zero attached hydrogens (tertiary/aromatic N) is 1. The highest BCUT2D eigenvalue weighted by atomic mass is 16.6. The van der Waals surface area contributed by atoms with Crippen LogP contribution in [-0.2, 0) is 33.3 Å². The van der Waals surface area contributed by atoms with Gasteiger partial charge >= 0.3 is 17.9 Å². The molecule has 0 aromatic rings. The van der Waals surface area contributed by atoms with Crippen LogP contribution in [0.2, 0.25) is 0 Å². The molecule has 0 rings (SSSR count). The maximum atomic E-state index is 13.6. The SMILES string of the molecule is CCCCCCCOCC(CCN(C)C)C(=O)OC(CCCCCCCCC(=O)OC(CCCC)CCCC)CCCCCCCCC(=O)OC(CCCC)CCCC. The molecule has 0 bridgehead atoms. The molecule has 0 aromatic carbocycles. The Labute approximate surface area is 366 Å². The van der Waals surface area contributed by atoms with Gasteiger partial charge in [0.1, 0.15) is 18.3 Å². The average molecular weight is 838 g/mol. The number of hydrogen-bond donors (Lipinski definition) is 0. The number of unbranched alkanes of at least 4 members (excludes halogenated alkanes) is 18. The zero-order valence-corrected chi connectivity index (χ0v) is 40.3. The van der Waals surface area contributed by atoms with Crippen LogP contribution in [-0.4, -0.2) is 75.0 Å². The molecule has 0 aliphatic rings. The molecule has 8 heteroatoms. The molecular weight excluding hydrogens is 739 g/mol. The fourth-order valence-electron chi connectivity index (χ4n) is 7.68. The first-order chi connectivity index (χ1) is 28.7. The Bertz CT molecular complexity index is 877. The van der Waals surface area contributed by atoms with Crippen molar-refractivity contribution in [2.75, 3.05) is 33.9 Å². The summed E-state index contributed by atoms with van der Waals surface area (Å²) in [4.78, 5) is 40.8. The number of ether oxygens (including phenoxy) is 4. The van der Waals surface area contributed by atoms with Crippen molar-refractivity contribution in [2.45, 2.75) is 271 Å². The van der Waals surface area contributed by atoms with Crippen LogP contribution in [0.15, 0.2) is 0 Å². The van der Waals surface area contributed by atoms with Crippen molar-refractivity contribution in [3.05, 3.63) is 0 Å². The molecule has 1 unspecified atom stereocenters. The second-order valence-electron chi connectivity index (χ2n) is 17.9. The van der Waals surface area contributed by atoms with E-state index in [9.17, 15) is 14.4 Å². The van der Waals surface area contributed by atoms with Gasteiger partial charge in [-0.05, 0) is 97.7 Å². The van der Waals surface area contributed by atoms with Crippen LogP contribution in [0.4, 0.5) is 0 Å². The van der Waals surface area contributed by atoms with E-state index in [1.54, 1.807) is 0 Å². The lowest BCUT2D eigenvalue weighted by Crippen LogP contribution is -2.30. The highest BCUT2D eigenvalue weighted by Gasteiger charge is 2.24. The molecule has 0 amide bonds. The molecule has 0 aliphatic heterocycles. The molecule has 0 saturated carbocycles. The van der Waals surface area contributed by atoms with Crippen LogP contribution < -0.4 is 0 Å². The fraction of sp³-hybridized carbons (Fsp3) is 0.941. The Morgan fingerprint density at radius 1 is 0.407 bits per heavy atom. The Morgan fingerprint density at radius 2 is 0.763 bits per heavy atom. The molecule has 0 aromatic heterocycles. The van der Waals surface area contributed by atoms with Gasteiger partial charge in [-0.2, -0.15) is 0 Å². The topological polar surface area (TPSA) is 91.4 Å². The molecule has 0 aliphatic carbocycles. The molecule has 0 radical (unpaired) electrons. The third-order valence-electron chi connectivity index (χ3n) is 11.7. The normalized spacial score (nSPS) is 12.3. The van der Waals surface area contributed by atoms with Crippen LogP contribution in [0.1, 0.15) is 253 Å². The largest absolute Gasteiger partial charge is 0.462 e. The van der Waals surface area contributed by atoms with Gasteiger partial charge in [-0.25, -0.2) is 0 Å². The van der Waals surface area contributed by atoms with Crippen molar-refractivity contribution in [3.63, 3.8) is 0 Å². The Hall–Kier alpha value is -1.67. The van der Waals surface area contributed by atoms with E-state index in [4.69, 9.17) is 18.9 Å². The maximum Gasteiger partial charge on any atom is 0.311 e. The lowest BCUT2D eigenvalue weighted by Gasteiger charge is -2.23. The summed E-state index contributed by atoms with van der Waals surface area (Å²) in [6, 6.07) is 0. The summed E-state index contributed by atoms with van der Waals surface area (Å²) in [6.07, 6.45) is 35.3. The fourth-order valence-corrected chi connectivity index (χ4v) is 7.68. The molecule has 8 nitrogen and oxygen atoms in total. The van der Waals surface area contributed by atoms with Crippen LogP contribution in [0.25, 0.3) is 0 Å². The zero-order chi connectivity index (χ0) is 43.6. The third-order valence-corrected chi connectivity index (χ3v) is 11.7. The van der Waals surface area contributed by atoms with Gasteiger partial charge in [-0.15, -0.1) is 0 Å². The van der Waals surface area contributed by atoms with E-state index < -0.39 is 0 Å². The number of carbonyl (C=O) groups excluding carboxylic acids is 3. The van der Waals surface area contributed by atoms with Crippen molar-refractivity contribution in [2.24, 2.45) is 5.92 Å². The summed E-state index contributed by atoms with van der Waals surface area (Å²) >= 11 is 0. The van der Waals surface area contributed by atoms with Crippen LogP contribution >= 0.6 is 0 Å². The first kappa shape index (κ1) is 57.3. The van der Waals surface area contributed by atoms with E-state index in [0.29, 0.717) is 26.1 Å². The van der Waals surface area contributed by atoms with Crippen molar-refractivity contribution in [1.29, 1.82) is 0 Å². The summed E-state index contributed by atoms with van der Waals surface area (Å²) in [7, 11) is 4.10. The molecule has 0 N–H and O–H groups in total. The average Bonchev–Trinajstić information content (AvgIpc) is 3.22. The van der Waals surface area contributed by atoms with Crippen molar-refractivity contribution in [3.8, 4) is 0 Å². The number of rotatable bonds is 45. The molecule has 0 fully saturated rings. The minimum atomic E-state index is -0.240. The highest BCUT2D eigenvalue weighted by Crippen LogP contribution is 2.21. The van der Waals surface area contributed by atoms with Gasteiger partial charge in [0, 0.05) is 19.4 Å². The summed E-state index contributed by atoms with van der Waals surface area (Å²) in [5.74, 6) is -0.389. The summed E-state index contributed by atoms with van der Waals surface area (Å²) < 4.78 is 24.1. The molecular formula is C51H99NO7. The molecule has 1 atom stereocenters. The van der Waals surface area contributed by atoms with Crippen molar-refractivity contribution >= 4 is 17.9 Å². The predicted octanol–water partition coefficient (Wildman–Crippen LogP) is 14.3. The van der Waals surface area contributed by atoms with Gasteiger partial charge in [0.05, 0.1) is 12.5 Å². The lowest BCUT2D eigenvalue weighted by atomic mass is 10.0. The summed E-state index contributed by atoms with van der Waals surface area (Å²) in [5, 5.41) is 0. The molecule has 59 heavy (non-hydrogen) atoms. The molecule has 350 valence electrons. The van der Waals surface area contributed by atoms with Crippen molar-refractivity contribution < 1.29 is 33.3 Å². The highest BCUT2D eigenvalue weighted by molar-refractivity contribution is 5.72. The first-order valence-corrected chi connectivity index (χ1v) is 25.5. The van der Waals surface area contributed by atoms with Crippen LogP contribution in [0, 0.1) is 5.92 Å². The van der Waals surface area contributed by atoms with E-state index in [1.165, 1.54) is 25.7 Å². The minimum Gasteiger partial charge on any atom is -0.462 e. The van der Waals surface area contributed by atoms with Gasteiger partial charge in [0.2, 0.25) is 0 Å². The molecule has 0 spiro atoms. The molecule has 0 saturated heterocycles. The van der Waals surface area contributed by atoms with E-state index in [0.717, 1.165) is 186 Å². The first-order valence-electron chi connectivity index (χ1n) is 25.5. The second kappa shape index (κ2) is 43.0. The molecule has 0 heterocycles. The Kier molecular flexibility index (Phi) is 41.8. The van der Waals surface area contributed by atoms with Gasteiger partial charge < -0.3 is 23.8 Å². The predicted molar refractivity (Wildman–Crippen MR) is 248 cm³/mol. The van der Waals surface area contributed by atoms with Gasteiger partial charge in [0.15, 0.2) is 0 Å². The quantitative estimate of drug-likeness (QED) is 0.0340. The Morgan fingerprint density at radius 3 is 1.19 bits per heavy atom. The van der Waals surface area contributed by atoms with E-state index >= 15 is 0 Å². The number of carbonyl (C=O) groups is 3. The number of hydrogen-bond acceptors (Lipinski definition) is 8. The summed E-state index contributed by atoms with van der Waals surface area (Å²) in [5.41, 5.74) is 0. The smallest absolute Gasteiger partial charge is 0.311 e. The van der Waals surface area contributed by atoms with Gasteiger partial charge in [0.25, 0.3) is 0 Å². The summed E-state index contributed by atoms with van der Waals surface area (Å²) in [6.45, 7) is 13.0. The standard InChI is InChI=1S/C51H99NO7/c1-8-13-18-27-32-43-56-44-45(41-42-52(6)7)51(55)59-48(37-28-23-19-21-25-30-39-49(53)57-46(33-14-9-2)34-15-10-3)38-29-24-20-22-26-31-40-50(54)58-47(35-16-11-4)36-17-12-5/h45-48H,8-44H2,1-7H3.